The molecule has 1 aliphatic heterocycles. The predicted octanol–water partition coefficient (Wildman–Crippen LogP) is 2.52. The fourth-order valence-electron chi connectivity index (χ4n) is 2.64. The van der Waals surface area contributed by atoms with E-state index < -0.39 is 0 Å². The summed E-state index contributed by atoms with van der Waals surface area (Å²) in [5.74, 6) is 0.719. The van der Waals surface area contributed by atoms with E-state index in [4.69, 9.17) is 0 Å². The lowest BCUT2D eigenvalue weighted by atomic mass is 9.90. The quantitative estimate of drug-likeness (QED) is 0.908. The minimum absolute atomic E-state index is 0.630. The lowest BCUT2D eigenvalue weighted by molar-refractivity contribution is 0.121. The lowest BCUT2D eigenvalue weighted by Gasteiger charge is -2.40. The Morgan fingerprint density at radius 1 is 1.50 bits per heavy atom. The van der Waals surface area contributed by atoms with E-state index >= 15 is 0 Å². The summed E-state index contributed by atoms with van der Waals surface area (Å²) >= 11 is 1.84. The number of thiazole rings is 1. The van der Waals surface area contributed by atoms with Crippen molar-refractivity contribution in [3.8, 4) is 0 Å². The van der Waals surface area contributed by atoms with Crippen LogP contribution in [0.1, 0.15) is 37.1 Å². The highest BCUT2D eigenvalue weighted by Crippen LogP contribution is 2.21. The number of nitrogens with zero attached hydrogens (tertiary/aromatic N) is 2. The maximum Gasteiger partial charge on any atom is 0.107 e. The number of aromatic nitrogens is 1. The van der Waals surface area contributed by atoms with Gasteiger partial charge in [-0.15, -0.1) is 11.3 Å². The molecule has 1 aromatic rings. The van der Waals surface area contributed by atoms with E-state index in [1.54, 1.807) is 0 Å². The molecule has 0 spiro atoms. The molecule has 18 heavy (non-hydrogen) atoms. The van der Waals surface area contributed by atoms with Gasteiger partial charge in [0.2, 0.25) is 0 Å². The van der Waals surface area contributed by atoms with Crippen LogP contribution in [-0.4, -0.2) is 35.6 Å². The molecule has 0 aromatic carbocycles. The molecule has 2 heterocycles. The summed E-state index contributed by atoms with van der Waals surface area (Å²) in [5.41, 5.74) is 0. The van der Waals surface area contributed by atoms with Crippen molar-refractivity contribution in [3.05, 3.63) is 16.1 Å². The molecule has 3 nitrogen and oxygen atoms in total. The van der Waals surface area contributed by atoms with Gasteiger partial charge in [0, 0.05) is 36.2 Å². The Hall–Kier alpha value is -0.450. The maximum atomic E-state index is 4.48. The van der Waals surface area contributed by atoms with Gasteiger partial charge < -0.3 is 10.2 Å². The molecule has 0 bridgehead atoms. The molecule has 3 atom stereocenters. The first kappa shape index (κ1) is 14.0. The highest BCUT2D eigenvalue weighted by atomic mass is 32.1. The fraction of sp³-hybridized carbons (Fsp3) is 0.786. The third-order valence-electron chi connectivity index (χ3n) is 4.08. The van der Waals surface area contributed by atoms with Gasteiger partial charge in [-0.05, 0) is 32.7 Å². The first-order valence-corrected chi connectivity index (χ1v) is 7.79. The molecule has 4 heteroatoms. The normalized spacial score (nSPS) is 29.7. The van der Waals surface area contributed by atoms with Crippen LogP contribution >= 0.6 is 11.3 Å². The van der Waals surface area contributed by atoms with Crippen LogP contribution in [0.2, 0.25) is 0 Å². The van der Waals surface area contributed by atoms with Gasteiger partial charge in [0.05, 0.1) is 0 Å². The van der Waals surface area contributed by atoms with Gasteiger partial charge in [0.25, 0.3) is 0 Å². The van der Waals surface area contributed by atoms with Gasteiger partial charge in [0.1, 0.15) is 5.01 Å². The van der Waals surface area contributed by atoms with Crippen molar-refractivity contribution in [2.45, 2.75) is 52.2 Å². The Kier molecular flexibility index (Phi) is 4.76. The van der Waals surface area contributed by atoms with Crippen molar-refractivity contribution in [1.29, 1.82) is 0 Å². The summed E-state index contributed by atoms with van der Waals surface area (Å²) in [6.45, 7) is 8.97. The number of piperidine rings is 1. The van der Waals surface area contributed by atoms with Gasteiger partial charge in [-0.1, -0.05) is 13.8 Å². The second-order valence-electron chi connectivity index (χ2n) is 5.56. The van der Waals surface area contributed by atoms with Gasteiger partial charge in [-0.25, -0.2) is 4.98 Å². The summed E-state index contributed by atoms with van der Waals surface area (Å²) in [7, 11) is 2.23. The molecule has 1 fully saturated rings. The molecule has 0 amide bonds. The summed E-state index contributed by atoms with van der Waals surface area (Å²) in [5, 5.41) is 4.92. The summed E-state index contributed by atoms with van der Waals surface area (Å²) in [6, 6.07) is 1.31. The number of rotatable bonds is 4. The number of aryl methyl sites for hydroxylation is 1. The van der Waals surface area contributed by atoms with Crippen LogP contribution in [-0.2, 0) is 13.0 Å². The topological polar surface area (TPSA) is 28.2 Å². The highest BCUT2D eigenvalue weighted by Gasteiger charge is 2.28. The van der Waals surface area contributed by atoms with Crippen LogP contribution < -0.4 is 5.32 Å². The summed E-state index contributed by atoms with van der Waals surface area (Å²) in [6.07, 6.45) is 4.35. The van der Waals surface area contributed by atoms with Crippen molar-refractivity contribution in [2.75, 3.05) is 13.6 Å². The van der Waals surface area contributed by atoms with E-state index in [-0.39, 0.29) is 0 Å². The SMILES string of the molecule is CCc1cnc(CNC2CC(C)N(C)CC2C)s1. The van der Waals surface area contributed by atoms with Crippen molar-refractivity contribution in [1.82, 2.24) is 15.2 Å². The second kappa shape index (κ2) is 6.13. The van der Waals surface area contributed by atoms with E-state index in [0.717, 1.165) is 18.9 Å². The first-order chi connectivity index (χ1) is 8.60. The Labute approximate surface area is 115 Å². The third kappa shape index (κ3) is 3.31. The molecular formula is C14H25N3S. The Morgan fingerprint density at radius 3 is 2.94 bits per heavy atom. The predicted molar refractivity (Wildman–Crippen MR) is 78.0 cm³/mol. The molecule has 1 N–H and O–H groups in total. The minimum Gasteiger partial charge on any atom is -0.307 e. The molecule has 0 saturated carbocycles. The largest absolute Gasteiger partial charge is 0.307 e. The van der Waals surface area contributed by atoms with Crippen LogP contribution in [0.5, 0.6) is 0 Å². The van der Waals surface area contributed by atoms with E-state index in [1.165, 1.54) is 22.9 Å². The zero-order valence-corrected chi connectivity index (χ0v) is 12.8. The fourth-order valence-corrected chi connectivity index (χ4v) is 3.45. The van der Waals surface area contributed by atoms with Crippen molar-refractivity contribution >= 4 is 11.3 Å². The standard InChI is InChI=1S/C14H25N3S/c1-5-12-7-16-14(18-12)8-15-13-6-11(3)17(4)9-10(13)2/h7,10-11,13,15H,5-6,8-9H2,1-4H3. The monoisotopic (exact) mass is 267 g/mol. The number of hydrogen-bond donors (Lipinski definition) is 1. The van der Waals surface area contributed by atoms with Crippen molar-refractivity contribution < 1.29 is 0 Å². The Morgan fingerprint density at radius 2 is 2.28 bits per heavy atom. The van der Waals surface area contributed by atoms with Crippen LogP contribution in [0, 0.1) is 5.92 Å². The van der Waals surface area contributed by atoms with E-state index in [9.17, 15) is 0 Å². The van der Waals surface area contributed by atoms with E-state index in [2.05, 4.69) is 43.0 Å². The highest BCUT2D eigenvalue weighted by molar-refractivity contribution is 7.11. The van der Waals surface area contributed by atoms with Crippen LogP contribution in [0.3, 0.4) is 0 Å². The van der Waals surface area contributed by atoms with Gasteiger partial charge in [0.15, 0.2) is 0 Å². The Bertz CT molecular complexity index is 377. The summed E-state index contributed by atoms with van der Waals surface area (Å²) in [4.78, 5) is 8.32. The van der Waals surface area contributed by atoms with Gasteiger partial charge in [-0.2, -0.15) is 0 Å². The molecule has 102 valence electrons. The average molecular weight is 267 g/mol. The molecule has 1 aliphatic rings. The van der Waals surface area contributed by atoms with Gasteiger partial charge >= 0.3 is 0 Å². The third-order valence-corrected chi connectivity index (χ3v) is 5.22. The van der Waals surface area contributed by atoms with E-state index in [1.807, 2.05) is 17.5 Å². The zero-order valence-electron chi connectivity index (χ0n) is 11.9. The Balaban J connectivity index is 1.85. The first-order valence-electron chi connectivity index (χ1n) is 6.97. The van der Waals surface area contributed by atoms with Crippen LogP contribution in [0.15, 0.2) is 6.20 Å². The molecule has 2 rings (SSSR count). The van der Waals surface area contributed by atoms with E-state index in [0.29, 0.717) is 12.1 Å². The van der Waals surface area contributed by atoms with Crippen molar-refractivity contribution in [2.24, 2.45) is 5.92 Å². The molecule has 3 unspecified atom stereocenters. The molecule has 1 aromatic heterocycles. The smallest absolute Gasteiger partial charge is 0.107 e. The summed E-state index contributed by atoms with van der Waals surface area (Å²) < 4.78 is 0. The molecule has 1 saturated heterocycles. The average Bonchev–Trinajstić information content (AvgIpc) is 2.80. The van der Waals surface area contributed by atoms with Gasteiger partial charge in [-0.3, -0.25) is 0 Å². The zero-order chi connectivity index (χ0) is 13.1. The number of hydrogen-bond acceptors (Lipinski definition) is 4. The number of nitrogens with one attached hydrogen (secondary N) is 1. The molecular weight excluding hydrogens is 242 g/mol. The molecule has 0 aliphatic carbocycles. The van der Waals surface area contributed by atoms with Crippen LogP contribution in [0.25, 0.3) is 0 Å². The minimum atomic E-state index is 0.630. The lowest BCUT2D eigenvalue weighted by Crippen LogP contribution is -2.50. The van der Waals surface area contributed by atoms with Crippen molar-refractivity contribution in [3.63, 3.8) is 0 Å². The molecule has 0 radical (unpaired) electrons. The maximum absolute atomic E-state index is 4.48. The van der Waals surface area contributed by atoms with Crippen LogP contribution in [0.4, 0.5) is 0 Å². The second-order valence-corrected chi connectivity index (χ2v) is 6.76. The number of likely N-dealkylation sites (tertiary alicyclic amines) is 1.